The lowest BCUT2D eigenvalue weighted by Gasteiger charge is -2.20. The van der Waals surface area contributed by atoms with Crippen LogP contribution in [0.4, 0.5) is 5.69 Å². The molecule has 0 saturated heterocycles. The van der Waals surface area contributed by atoms with Gasteiger partial charge in [0.25, 0.3) is 5.91 Å². The molecule has 0 atom stereocenters. The molecule has 2 aromatic rings. The fraction of sp³-hybridized carbons (Fsp3) is 0.316. The van der Waals surface area contributed by atoms with Crippen LogP contribution in [0.5, 0.6) is 0 Å². The predicted molar refractivity (Wildman–Crippen MR) is 100 cm³/mol. The molecule has 1 amide bonds. The second-order valence-corrected chi connectivity index (χ2v) is 7.80. The first kappa shape index (κ1) is 19.1. The van der Waals surface area contributed by atoms with Crippen molar-refractivity contribution in [3.8, 4) is 0 Å². The molecule has 0 unspecified atom stereocenters. The molecular weight excluding hydrogens is 336 g/mol. The molecule has 0 spiro atoms. The molecule has 0 aliphatic heterocycles. The fourth-order valence-electron chi connectivity index (χ4n) is 2.57. The third kappa shape index (κ3) is 4.27. The molecule has 2 rings (SSSR count). The molecule has 25 heavy (non-hydrogen) atoms. The number of nitrogens with one attached hydrogen (secondary N) is 1. The Labute approximate surface area is 149 Å². The minimum atomic E-state index is -3.58. The maximum absolute atomic E-state index is 12.8. The summed E-state index contributed by atoms with van der Waals surface area (Å²) in [6.07, 6.45) is 0. The summed E-state index contributed by atoms with van der Waals surface area (Å²) in [6, 6.07) is 12.2. The van der Waals surface area contributed by atoms with Crippen LogP contribution in [-0.4, -0.2) is 31.7 Å². The average molecular weight is 360 g/mol. The van der Waals surface area contributed by atoms with Crippen molar-refractivity contribution in [2.45, 2.75) is 32.6 Å². The van der Waals surface area contributed by atoms with Crippen molar-refractivity contribution in [3.63, 3.8) is 0 Å². The molecule has 0 bridgehead atoms. The number of benzene rings is 2. The lowest BCUT2D eigenvalue weighted by atomic mass is 10.1. The Bertz CT molecular complexity index is 855. The Hall–Kier alpha value is -2.18. The number of hydrogen-bond acceptors (Lipinski definition) is 3. The number of carbonyl (C=O) groups is 1. The van der Waals surface area contributed by atoms with Gasteiger partial charge in [-0.25, -0.2) is 8.42 Å². The summed E-state index contributed by atoms with van der Waals surface area (Å²) in [7, 11) is -3.58. The monoisotopic (exact) mass is 360 g/mol. The number of hydrogen-bond donors (Lipinski definition) is 1. The SMILES string of the molecule is CCN(CC)S(=O)(=O)c1cc(NC(=O)c2ccc(C)cc2)ccc1C. The van der Waals surface area contributed by atoms with Crippen LogP contribution in [0.2, 0.25) is 0 Å². The van der Waals surface area contributed by atoms with Gasteiger partial charge in [-0.2, -0.15) is 4.31 Å². The summed E-state index contributed by atoms with van der Waals surface area (Å²) in [5.41, 5.74) is 2.71. The van der Waals surface area contributed by atoms with E-state index < -0.39 is 10.0 Å². The topological polar surface area (TPSA) is 66.5 Å². The Balaban J connectivity index is 2.33. The minimum absolute atomic E-state index is 0.220. The summed E-state index contributed by atoms with van der Waals surface area (Å²) < 4.78 is 27.0. The van der Waals surface area contributed by atoms with Crippen LogP contribution in [-0.2, 0) is 10.0 Å². The molecule has 0 saturated carbocycles. The third-order valence-corrected chi connectivity index (χ3v) is 6.27. The average Bonchev–Trinajstić information content (AvgIpc) is 2.57. The van der Waals surface area contributed by atoms with E-state index in [9.17, 15) is 13.2 Å². The zero-order valence-electron chi connectivity index (χ0n) is 15.0. The van der Waals surface area contributed by atoms with Crippen molar-refractivity contribution in [1.82, 2.24) is 4.31 Å². The van der Waals surface area contributed by atoms with Crippen LogP contribution in [0.25, 0.3) is 0 Å². The normalized spacial score (nSPS) is 11.6. The summed E-state index contributed by atoms with van der Waals surface area (Å²) in [5, 5.41) is 2.77. The van der Waals surface area contributed by atoms with Gasteiger partial charge in [0.15, 0.2) is 0 Å². The highest BCUT2D eigenvalue weighted by Crippen LogP contribution is 2.24. The number of carbonyl (C=O) groups excluding carboxylic acids is 1. The predicted octanol–water partition coefficient (Wildman–Crippen LogP) is 3.59. The highest BCUT2D eigenvalue weighted by atomic mass is 32.2. The van der Waals surface area contributed by atoms with Crippen molar-refractivity contribution in [2.75, 3.05) is 18.4 Å². The van der Waals surface area contributed by atoms with E-state index >= 15 is 0 Å². The van der Waals surface area contributed by atoms with Gasteiger partial charge < -0.3 is 5.32 Å². The molecule has 0 radical (unpaired) electrons. The molecule has 6 heteroatoms. The molecule has 0 aromatic heterocycles. The summed E-state index contributed by atoms with van der Waals surface area (Å²) in [5.74, 6) is -0.268. The highest BCUT2D eigenvalue weighted by molar-refractivity contribution is 7.89. The van der Waals surface area contributed by atoms with E-state index in [4.69, 9.17) is 0 Å². The Kier molecular flexibility index (Phi) is 5.98. The molecule has 1 N–H and O–H groups in total. The summed E-state index contributed by atoms with van der Waals surface area (Å²) in [6.45, 7) is 8.11. The third-order valence-electron chi connectivity index (χ3n) is 4.08. The minimum Gasteiger partial charge on any atom is -0.322 e. The smallest absolute Gasteiger partial charge is 0.255 e. The maximum Gasteiger partial charge on any atom is 0.255 e. The van der Waals surface area contributed by atoms with Crippen LogP contribution in [0.15, 0.2) is 47.4 Å². The van der Waals surface area contributed by atoms with Gasteiger partial charge in [0.05, 0.1) is 4.90 Å². The van der Waals surface area contributed by atoms with E-state index in [2.05, 4.69) is 5.32 Å². The van der Waals surface area contributed by atoms with Crippen LogP contribution >= 0.6 is 0 Å². The molecule has 0 aliphatic rings. The first-order chi connectivity index (χ1) is 11.8. The van der Waals surface area contributed by atoms with Gasteiger partial charge in [0.2, 0.25) is 10.0 Å². The van der Waals surface area contributed by atoms with E-state index in [0.717, 1.165) is 5.56 Å². The molecule has 0 aliphatic carbocycles. The van der Waals surface area contributed by atoms with Crippen LogP contribution in [0.3, 0.4) is 0 Å². The number of anilines is 1. The molecule has 2 aromatic carbocycles. The first-order valence-corrected chi connectivity index (χ1v) is 9.72. The van der Waals surface area contributed by atoms with E-state index in [1.54, 1.807) is 45.0 Å². The lowest BCUT2D eigenvalue weighted by molar-refractivity contribution is 0.102. The van der Waals surface area contributed by atoms with Gasteiger partial charge >= 0.3 is 0 Å². The second-order valence-electron chi connectivity index (χ2n) is 5.89. The van der Waals surface area contributed by atoms with Crippen molar-refractivity contribution in [3.05, 3.63) is 59.2 Å². The van der Waals surface area contributed by atoms with Gasteiger partial charge in [0.1, 0.15) is 0 Å². The maximum atomic E-state index is 12.8. The lowest BCUT2D eigenvalue weighted by Crippen LogP contribution is -2.31. The largest absolute Gasteiger partial charge is 0.322 e. The molecular formula is C19H24N2O3S. The molecule has 0 fully saturated rings. The standard InChI is InChI=1S/C19H24N2O3S/c1-5-21(6-2)25(23,24)18-13-17(12-9-15(18)4)20-19(22)16-10-7-14(3)8-11-16/h7-13H,5-6H2,1-4H3,(H,20,22). The highest BCUT2D eigenvalue weighted by Gasteiger charge is 2.24. The van der Waals surface area contributed by atoms with E-state index in [1.165, 1.54) is 10.4 Å². The molecule has 134 valence electrons. The van der Waals surface area contributed by atoms with Gasteiger partial charge in [-0.1, -0.05) is 37.6 Å². The van der Waals surface area contributed by atoms with Crippen molar-refractivity contribution < 1.29 is 13.2 Å². The van der Waals surface area contributed by atoms with Crippen molar-refractivity contribution in [1.29, 1.82) is 0 Å². The fourth-order valence-corrected chi connectivity index (χ4v) is 4.28. The molecule has 0 heterocycles. The number of amides is 1. The van der Waals surface area contributed by atoms with E-state index in [1.807, 2.05) is 19.1 Å². The number of sulfonamides is 1. The number of nitrogens with zero attached hydrogens (tertiary/aromatic N) is 1. The van der Waals surface area contributed by atoms with Crippen molar-refractivity contribution >= 4 is 21.6 Å². The first-order valence-electron chi connectivity index (χ1n) is 8.28. The Morgan fingerprint density at radius 2 is 1.60 bits per heavy atom. The zero-order chi connectivity index (χ0) is 18.6. The van der Waals surface area contributed by atoms with Gasteiger partial charge in [-0.3, -0.25) is 4.79 Å². The zero-order valence-corrected chi connectivity index (χ0v) is 15.9. The van der Waals surface area contributed by atoms with Crippen LogP contribution < -0.4 is 5.32 Å². The van der Waals surface area contributed by atoms with Gasteiger partial charge in [0, 0.05) is 24.3 Å². The number of rotatable bonds is 6. The summed E-state index contributed by atoms with van der Waals surface area (Å²) >= 11 is 0. The van der Waals surface area contributed by atoms with Crippen LogP contribution in [0.1, 0.15) is 35.3 Å². The summed E-state index contributed by atoms with van der Waals surface area (Å²) in [4.78, 5) is 12.6. The Morgan fingerprint density at radius 1 is 1.00 bits per heavy atom. The number of aryl methyl sites for hydroxylation is 2. The van der Waals surface area contributed by atoms with Crippen molar-refractivity contribution in [2.24, 2.45) is 0 Å². The quantitative estimate of drug-likeness (QED) is 0.856. The van der Waals surface area contributed by atoms with Gasteiger partial charge in [-0.15, -0.1) is 0 Å². The Morgan fingerprint density at radius 3 is 2.16 bits per heavy atom. The second kappa shape index (κ2) is 7.80. The van der Waals surface area contributed by atoms with E-state index in [0.29, 0.717) is 29.9 Å². The van der Waals surface area contributed by atoms with E-state index in [-0.39, 0.29) is 10.8 Å². The molecule has 5 nitrogen and oxygen atoms in total. The van der Waals surface area contributed by atoms with Crippen LogP contribution in [0, 0.1) is 13.8 Å². The van der Waals surface area contributed by atoms with Gasteiger partial charge in [-0.05, 0) is 43.7 Å².